The van der Waals surface area contributed by atoms with Crippen LogP contribution in [-0.2, 0) is 13.1 Å². The Hall–Kier alpha value is -2.60. The van der Waals surface area contributed by atoms with E-state index in [9.17, 15) is 0 Å². The molecular weight excluding hydrogens is 332 g/mol. The van der Waals surface area contributed by atoms with E-state index in [0.717, 1.165) is 23.1 Å². The highest BCUT2D eigenvalue weighted by Gasteiger charge is 2.41. The Balaban J connectivity index is 1.76. The summed E-state index contributed by atoms with van der Waals surface area (Å²) in [4.78, 5) is 6.75. The van der Waals surface area contributed by atoms with Crippen LogP contribution in [0.3, 0.4) is 0 Å². The highest BCUT2D eigenvalue weighted by Crippen LogP contribution is 2.39. The van der Waals surface area contributed by atoms with Gasteiger partial charge in [0.15, 0.2) is 5.11 Å². The number of nitrogens with one attached hydrogen (secondary N) is 1. The van der Waals surface area contributed by atoms with E-state index in [2.05, 4.69) is 45.0 Å². The fourth-order valence-electron chi connectivity index (χ4n) is 3.45. The summed E-state index contributed by atoms with van der Waals surface area (Å²) in [6.45, 7) is 3.69. The Labute approximate surface area is 152 Å². The van der Waals surface area contributed by atoms with E-state index in [1.165, 1.54) is 5.69 Å². The Bertz CT molecular complexity index is 843. The standard InChI is InChI=1S/C19H20N4OS/c1-2-22-11-5-9-16(22)18-17(15-8-3-4-10-20-15)21-19(25)23(18)13-14-7-6-12-24-14/h3-12,17-18H,2,13H2,1H3,(H,21,25)/t17-,18-/m1/s1. The zero-order valence-corrected chi connectivity index (χ0v) is 14.8. The highest BCUT2D eigenvalue weighted by molar-refractivity contribution is 7.80. The number of hydrogen-bond donors (Lipinski definition) is 1. The van der Waals surface area contributed by atoms with E-state index in [0.29, 0.717) is 6.54 Å². The van der Waals surface area contributed by atoms with Crippen molar-refractivity contribution in [3.05, 3.63) is 78.3 Å². The zero-order valence-electron chi connectivity index (χ0n) is 14.0. The first-order chi connectivity index (χ1) is 12.3. The number of pyridine rings is 1. The second kappa shape index (κ2) is 6.72. The van der Waals surface area contributed by atoms with Crippen molar-refractivity contribution >= 4 is 17.3 Å². The molecule has 0 aromatic carbocycles. The van der Waals surface area contributed by atoms with Crippen molar-refractivity contribution in [2.24, 2.45) is 0 Å². The minimum absolute atomic E-state index is 0.00358. The average Bonchev–Trinajstić information content (AvgIpc) is 3.37. The number of thiocarbonyl (C=S) groups is 1. The molecule has 0 saturated carbocycles. The van der Waals surface area contributed by atoms with Gasteiger partial charge in [0, 0.05) is 24.6 Å². The molecule has 0 amide bonds. The van der Waals surface area contributed by atoms with Crippen LogP contribution in [0.5, 0.6) is 0 Å². The molecule has 6 heteroatoms. The maximum atomic E-state index is 5.66. The minimum Gasteiger partial charge on any atom is -0.467 e. The van der Waals surface area contributed by atoms with E-state index < -0.39 is 0 Å². The third-order valence-electron chi connectivity index (χ3n) is 4.61. The van der Waals surface area contributed by atoms with Gasteiger partial charge in [-0.05, 0) is 55.5 Å². The second-order valence-corrected chi connectivity index (χ2v) is 6.44. The third-order valence-corrected chi connectivity index (χ3v) is 4.96. The van der Waals surface area contributed by atoms with Gasteiger partial charge < -0.3 is 19.2 Å². The van der Waals surface area contributed by atoms with Crippen molar-refractivity contribution in [2.45, 2.75) is 32.1 Å². The molecule has 1 N–H and O–H groups in total. The molecule has 4 heterocycles. The van der Waals surface area contributed by atoms with Crippen LogP contribution in [0.15, 0.2) is 65.5 Å². The first-order valence-electron chi connectivity index (χ1n) is 8.43. The lowest BCUT2D eigenvalue weighted by Crippen LogP contribution is -2.29. The van der Waals surface area contributed by atoms with Gasteiger partial charge >= 0.3 is 0 Å². The molecule has 3 aromatic heterocycles. The van der Waals surface area contributed by atoms with Crippen molar-refractivity contribution < 1.29 is 4.42 Å². The molecule has 2 atom stereocenters. The van der Waals surface area contributed by atoms with Crippen molar-refractivity contribution in [3.8, 4) is 0 Å². The maximum absolute atomic E-state index is 5.66. The number of hydrogen-bond acceptors (Lipinski definition) is 3. The number of nitrogens with zero attached hydrogens (tertiary/aromatic N) is 3. The van der Waals surface area contributed by atoms with Gasteiger partial charge in [0.2, 0.25) is 0 Å². The summed E-state index contributed by atoms with van der Waals surface area (Å²) in [7, 11) is 0. The minimum atomic E-state index is 0.00358. The van der Waals surface area contributed by atoms with E-state index in [4.69, 9.17) is 16.6 Å². The third kappa shape index (κ3) is 2.93. The zero-order chi connectivity index (χ0) is 17.2. The lowest BCUT2D eigenvalue weighted by Gasteiger charge is -2.28. The fraction of sp³-hybridized carbons (Fsp3) is 0.263. The summed E-state index contributed by atoms with van der Waals surface area (Å²) in [5, 5.41) is 4.19. The molecule has 25 heavy (non-hydrogen) atoms. The number of rotatable bonds is 5. The van der Waals surface area contributed by atoms with Crippen LogP contribution in [0.2, 0.25) is 0 Å². The molecule has 1 fully saturated rings. The topological polar surface area (TPSA) is 46.2 Å². The second-order valence-electron chi connectivity index (χ2n) is 6.05. The Kier molecular flexibility index (Phi) is 4.28. The van der Waals surface area contributed by atoms with Gasteiger partial charge in [0.25, 0.3) is 0 Å². The Morgan fingerprint density at radius 2 is 2.12 bits per heavy atom. The molecular formula is C19H20N4OS. The monoisotopic (exact) mass is 352 g/mol. The van der Waals surface area contributed by atoms with Crippen molar-refractivity contribution in [1.29, 1.82) is 0 Å². The molecule has 1 saturated heterocycles. The first kappa shape index (κ1) is 15.9. The van der Waals surface area contributed by atoms with Crippen LogP contribution in [0.1, 0.15) is 36.2 Å². The quantitative estimate of drug-likeness (QED) is 0.710. The predicted octanol–water partition coefficient (Wildman–Crippen LogP) is 3.67. The smallest absolute Gasteiger partial charge is 0.170 e. The number of furan rings is 1. The molecule has 128 valence electrons. The van der Waals surface area contributed by atoms with Gasteiger partial charge in [0.05, 0.1) is 30.6 Å². The van der Waals surface area contributed by atoms with Crippen LogP contribution < -0.4 is 5.32 Å². The number of aryl methyl sites for hydroxylation is 1. The van der Waals surface area contributed by atoms with Crippen molar-refractivity contribution in [2.75, 3.05) is 0 Å². The summed E-state index contributed by atoms with van der Waals surface area (Å²) in [5.74, 6) is 0.894. The molecule has 0 bridgehead atoms. The van der Waals surface area contributed by atoms with Crippen molar-refractivity contribution in [3.63, 3.8) is 0 Å². The average molecular weight is 352 g/mol. The van der Waals surface area contributed by atoms with Gasteiger partial charge in [-0.15, -0.1) is 0 Å². The molecule has 1 aliphatic heterocycles. The lowest BCUT2D eigenvalue weighted by atomic mass is 10.0. The SMILES string of the molecule is CCn1cccc1[C@@H]1[C@@H](c2ccccn2)NC(=S)N1Cc1ccco1. The van der Waals surface area contributed by atoms with Crippen LogP contribution in [0, 0.1) is 0 Å². The Morgan fingerprint density at radius 1 is 1.20 bits per heavy atom. The molecule has 1 aliphatic rings. The summed E-state index contributed by atoms with van der Waals surface area (Å²) in [5.41, 5.74) is 2.21. The van der Waals surface area contributed by atoms with Crippen LogP contribution >= 0.6 is 12.2 Å². The van der Waals surface area contributed by atoms with Gasteiger partial charge in [-0.25, -0.2) is 0 Å². The molecule has 0 aliphatic carbocycles. The van der Waals surface area contributed by atoms with E-state index in [1.54, 1.807) is 6.26 Å². The Morgan fingerprint density at radius 3 is 2.84 bits per heavy atom. The van der Waals surface area contributed by atoms with Crippen molar-refractivity contribution in [1.82, 2.24) is 19.8 Å². The molecule has 0 radical (unpaired) electrons. The van der Waals surface area contributed by atoms with Crippen LogP contribution in [0.25, 0.3) is 0 Å². The van der Waals surface area contributed by atoms with Crippen LogP contribution in [0.4, 0.5) is 0 Å². The largest absolute Gasteiger partial charge is 0.467 e. The van der Waals surface area contributed by atoms with E-state index in [-0.39, 0.29) is 12.1 Å². The van der Waals surface area contributed by atoms with Crippen LogP contribution in [-0.4, -0.2) is 19.6 Å². The van der Waals surface area contributed by atoms with Gasteiger partial charge in [0.1, 0.15) is 5.76 Å². The summed E-state index contributed by atoms with van der Waals surface area (Å²) < 4.78 is 7.81. The van der Waals surface area contributed by atoms with Gasteiger partial charge in [-0.3, -0.25) is 4.98 Å². The number of aromatic nitrogens is 2. The van der Waals surface area contributed by atoms with Gasteiger partial charge in [-0.1, -0.05) is 6.07 Å². The summed E-state index contributed by atoms with van der Waals surface area (Å²) in [6.07, 6.45) is 5.63. The summed E-state index contributed by atoms with van der Waals surface area (Å²) in [6, 6.07) is 14.2. The first-order valence-corrected chi connectivity index (χ1v) is 8.84. The fourth-order valence-corrected chi connectivity index (χ4v) is 3.76. The molecule has 0 spiro atoms. The molecule has 3 aromatic rings. The maximum Gasteiger partial charge on any atom is 0.170 e. The molecule has 4 rings (SSSR count). The van der Waals surface area contributed by atoms with E-state index in [1.807, 2.05) is 36.5 Å². The van der Waals surface area contributed by atoms with Gasteiger partial charge in [-0.2, -0.15) is 0 Å². The summed E-state index contributed by atoms with van der Waals surface area (Å²) >= 11 is 5.66. The van der Waals surface area contributed by atoms with E-state index >= 15 is 0 Å². The lowest BCUT2D eigenvalue weighted by molar-refractivity contribution is 0.276. The molecule has 5 nitrogen and oxygen atoms in total. The molecule has 0 unspecified atom stereocenters. The highest BCUT2D eigenvalue weighted by atomic mass is 32.1. The predicted molar refractivity (Wildman–Crippen MR) is 99.8 cm³/mol. The normalized spacial score (nSPS) is 20.0.